The van der Waals surface area contributed by atoms with Crippen LogP contribution < -0.4 is 5.32 Å². The van der Waals surface area contributed by atoms with E-state index in [9.17, 15) is 9.59 Å². The summed E-state index contributed by atoms with van der Waals surface area (Å²) in [4.78, 5) is 25.7. The zero-order valence-corrected chi connectivity index (χ0v) is 20.8. The number of carbonyl (C=O) groups is 2. The van der Waals surface area contributed by atoms with Gasteiger partial charge in [0.15, 0.2) is 0 Å². The molecule has 2 aromatic carbocycles. The number of rotatable bonds is 6. The minimum absolute atomic E-state index is 0.0255. The molecule has 1 amide bonds. The van der Waals surface area contributed by atoms with Gasteiger partial charge in [0.1, 0.15) is 11.7 Å². The SMILES string of the molecule is CCC(=O)NC1CC2(c3ccccc3)OC1(C)C1CCC(C)C1C2OC(=O)/C=C/c1ccccc1. The standard InChI is InChI=1S/C30H35NO4/c1-4-25(32)31-24-19-30(22-13-9-6-10-14-22)28(27-20(2)15-17-23(27)29(24,3)35-30)34-26(33)18-16-21-11-7-5-8-12-21/h5-14,16,18,20,23-24,27-28H,4,15,17,19H2,1-3H3,(H,31,32)/b18-16+. The quantitative estimate of drug-likeness (QED) is 0.459. The number of ether oxygens (including phenoxy) is 2. The first kappa shape index (κ1) is 23.8. The van der Waals surface area contributed by atoms with E-state index >= 15 is 0 Å². The summed E-state index contributed by atoms with van der Waals surface area (Å²) in [5.41, 5.74) is 0.628. The highest BCUT2D eigenvalue weighted by Gasteiger charge is 2.71. The molecule has 5 nitrogen and oxygen atoms in total. The van der Waals surface area contributed by atoms with Crippen LogP contribution in [0.2, 0.25) is 0 Å². The molecule has 7 atom stereocenters. The highest BCUT2D eigenvalue weighted by atomic mass is 16.6. The zero-order chi connectivity index (χ0) is 24.6. The van der Waals surface area contributed by atoms with Crippen molar-refractivity contribution in [1.82, 2.24) is 5.32 Å². The Kier molecular flexibility index (Phi) is 6.30. The Morgan fingerprint density at radius 1 is 1.09 bits per heavy atom. The van der Waals surface area contributed by atoms with E-state index in [0.29, 0.717) is 18.8 Å². The van der Waals surface area contributed by atoms with Crippen molar-refractivity contribution in [2.75, 3.05) is 0 Å². The summed E-state index contributed by atoms with van der Waals surface area (Å²) in [6, 6.07) is 19.7. The third-order valence-corrected chi connectivity index (χ3v) is 8.57. The number of hydrogen-bond donors (Lipinski definition) is 1. The van der Waals surface area contributed by atoms with E-state index in [4.69, 9.17) is 9.47 Å². The lowest BCUT2D eigenvalue weighted by Gasteiger charge is -2.51. The van der Waals surface area contributed by atoms with Crippen molar-refractivity contribution in [2.24, 2.45) is 17.8 Å². The normalized spacial score (nSPS) is 35.6. The van der Waals surface area contributed by atoms with Crippen LogP contribution in [0.15, 0.2) is 66.7 Å². The molecule has 2 aliphatic heterocycles. The maximum atomic E-state index is 13.2. The molecular weight excluding hydrogens is 438 g/mol. The van der Waals surface area contributed by atoms with Crippen molar-refractivity contribution in [3.8, 4) is 0 Å². The van der Waals surface area contributed by atoms with Crippen molar-refractivity contribution in [3.63, 3.8) is 0 Å². The Morgan fingerprint density at radius 3 is 2.46 bits per heavy atom. The Hall–Kier alpha value is -2.92. The molecule has 2 aromatic rings. The summed E-state index contributed by atoms with van der Waals surface area (Å²) in [7, 11) is 0. The minimum atomic E-state index is -0.808. The number of nitrogens with one attached hydrogen (secondary N) is 1. The zero-order valence-electron chi connectivity index (χ0n) is 20.8. The first-order valence-corrected chi connectivity index (χ1v) is 12.9. The van der Waals surface area contributed by atoms with Gasteiger partial charge in [0.05, 0.1) is 11.6 Å². The van der Waals surface area contributed by atoms with Gasteiger partial charge in [-0.2, -0.15) is 0 Å². The lowest BCUT2D eigenvalue weighted by Crippen LogP contribution is -2.60. The van der Waals surface area contributed by atoms with Crippen molar-refractivity contribution in [1.29, 1.82) is 0 Å². The van der Waals surface area contributed by atoms with Crippen LogP contribution in [0.1, 0.15) is 57.6 Å². The van der Waals surface area contributed by atoms with Crippen molar-refractivity contribution >= 4 is 18.0 Å². The number of benzene rings is 2. The second-order valence-corrected chi connectivity index (χ2v) is 10.6. The first-order chi connectivity index (χ1) is 16.9. The van der Waals surface area contributed by atoms with Gasteiger partial charge in [0, 0.05) is 24.8 Å². The van der Waals surface area contributed by atoms with Crippen LogP contribution in [0.4, 0.5) is 0 Å². The molecule has 0 aromatic heterocycles. The van der Waals surface area contributed by atoms with Gasteiger partial charge in [-0.3, -0.25) is 4.79 Å². The monoisotopic (exact) mass is 473 g/mol. The molecule has 0 radical (unpaired) electrons. The van der Waals surface area contributed by atoms with Gasteiger partial charge in [-0.05, 0) is 48.8 Å². The molecule has 3 fully saturated rings. The van der Waals surface area contributed by atoms with Crippen LogP contribution >= 0.6 is 0 Å². The summed E-state index contributed by atoms with van der Waals surface area (Å²) in [6.07, 6.45) is 5.94. The summed E-state index contributed by atoms with van der Waals surface area (Å²) in [5, 5.41) is 3.26. The molecule has 1 N–H and O–H groups in total. The van der Waals surface area contributed by atoms with Gasteiger partial charge in [-0.15, -0.1) is 0 Å². The molecule has 0 spiro atoms. The van der Waals surface area contributed by atoms with E-state index in [1.54, 1.807) is 6.08 Å². The highest BCUT2D eigenvalue weighted by Crippen LogP contribution is 2.63. The lowest BCUT2D eigenvalue weighted by molar-refractivity contribution is -0.251. The fourth-order valence-corrected chi connectivity index (χ4v) is 6.85. The molecule has 35 heavy (non-hydrogen) atoms. The molecular formula is C30H35NO4. The summed E-state index contributed by atoms with van der Waals surface area (Å²) >= 11 is 0. The van der Waals surface area contributed by atoms with E-state index < -0.39 is 17.3 Å². The third-order valence-electron chi connectivity index (χ3n) is 8.57. The van der Waals surface area contributed by atoms with Gasteiger partial charge < -0.3 is 14.8 Å². The summed E-state index contributed by atoms with van der Waals surface area (Å²) in [5.74, 6) is 0.419. The fraction of sp³-hybridized carbons (Fsp3) is 0.467. The van der Waals surface area contributed by atoms with Gasteiger partial charge in [-0.25, -0.2) is 4.79 Å². The Labute approximate surface area is 207 Å². The van der Waals surface area contributed by atoms with E-state index in [0.717, 1.165) is 24.0 Å². The number of amides is 1. The predicted octanol–water partition coefficient (Wildman–Crippen LogP) is 5.26. The summed E-state index contributed by atoms with van der Waals surface area (Å²) < 4.78 is 13.4. The molecule has 7 unspecified atom stereocenters. The van der Waals surface area contributed by atoms with E-state index in [2.05, 4.69) is 31.3 Å². The van der Waals surface area contributed by atoms with Gasteiger partial charge in [0.25, 0.3) is 0 Å². The largest absolute Gasteiger partial charge is 0.455 e. The molecule has 3 aliphatic rings. The summed E-state index contributed by atoms with van der Waals surface area (Å²) in [6.45, 7) is 6.29. The van der Waals surface area contributed by atoms with E-state index in [1.807, 2.05) is 55.5 Å². The molecule has 5 rings (SSSR count). The maximum Gasteiger partial charge on any atom is 0.331 e. The van der Waals surface area contributed by atoms with Crippen LogP contribution in [0.25, 0.3) is 6.08 Å². The van der Waals surface area contributed by atoms with Crippen LogP contribution in [-0.4, -0.2) is 29.6 Å². The minimum Gasteiger partial charge on any atom is -0.455 e. The Morgan fingerprint density at radius 2 is 1.77 bits per heavy atom. The highest BCUT2D eigenvalue weighted by molar-refractivity contribution is 5.87. The Balaban J connectivity index is 1.54. The third kappa shape index (κ3) is 4.10. The van der Waals surface area contributed by atoms with Crippen LogP contribution in [-0.2, 0) is 24.7 Å². The molecule has 5 heteroatoms. The average molecular weight is 474 g/mol. The van der Waals surface area contributed by atoms with E-state index in [-0.39, 0.29) is 29.8 Å². The van der Waals surface area contributed by atoms with Gasteiger partial charge >= 0.3 is 5.97 Å². The average Bonchev–Trinajstić information content (AvgIpc) is 3.39. The van der Waals surface area contributed by atoms with Crippen molar-refractivity contribution in [2.45, 2.75) is 69.8 Å². The molecule has 2 bridgehead atoms. The topological polar surface area (TPSA) is 64.6 Å². The van der Waals surface area contributed by atoms with E-state index in [1.165, 1.54) is 6.08 Å². The fourth-order valence-electron chi connectivity index (χ4n) is 6.85. The lowest BCUT2D eigenvalue weighted by atomic mass is 9.70. The molecule has 1 saturated carbocycles. The molecule has 1 aliphatic carbocycles. The second-order valence-electron chi connectivity index (χ2n) is 10.6. The molecule has 184 valence electrons. The number of carbonyl (C=O) groups excluding carboxylic acids is 2. The van der Waals surface area contributed by atoms with Crippen LogP contribution in [0.3, 0.4) is 0 Å². The van der Waals surface area contributed by atoms with Crippen molar-refractivity contribution in [3.05, 3.63) is 77.9 Å². The van der Waals surface area contributed by atoms with Gasteiger partial charge in [0.2, 0.25) is 5.91 Å². The second kappa shape index (κ2) is 9.27. The number of hydrogen-bond acceptors (Lipinski definition) is 4. The Bertz CT molecular complexity index is 1100. The number of fused-ring (bicyclic) bond motifs is 4. The maximum absolute atomic E-state index is 13.2. The molecule has 2 heterocycles. The van der Waals surface area contributed by atoms with Crippen LogP contribution in [0, 0.1) is 17.8 Å². The smallest absolute Gasteiger partial charge is 0.331 e. The van der Waals surface area contributed by atoms with Gasteiger partial charge in [-0.1, -0.05) is 74.5 Å². The van der Waals surface area contributed by atoms with Crippen molar-refractivity contribution < 1.29 is 19.1 Å². The first-order valence-electron chi connectivity index (χ1n) is 12.9. The van der Waals surface area contributed by atoms with Crippen LogP contribution in [0.5, 0.6) is 0 Å². The molecule has 2 saturated heterocycles. The number of esters is 1. The predicted molar refractivity (Wildman–Crippen MR) is 135 cm³/mol.